The van der Waals surface area contributed by atoms with Crippen LogP contribution in [-0.2, 0) is 0 Å². The van der Waals surface area contributed by atoms with Crippen LogP contribution in [0, 0.1) is 5.92 Å². The van der Waals surface area contributed by atoms with Crippen LogP contribution in [0.4, 0.5) is 5.69 Å². The number of anilines is 1. The molecule has 0 amide bonds. The summed E-state index contributed by atoms with van der Waals surface area (Å²) in [7, 11) is 2.18. The molecule has 1 aliphatic carbocycles. The van der Waals surface area contributed by atoms with Gasteiger partial charge in [0.2, 0.25) is 0 Å². The van der Waals surface area contributed by atoms with Gasteiger partial charge in [-0.2, -0.15) is 0 Å². The van der Waals surface area contributed by atoms with Gasteiger partial charge < -0.3 is 10.2 Å². The van der Waals surface area contributed by atoms with Gasteiger partial charge in [-0.3, -0.25) is 0 Å². The lowest BCUT2D eigenvalue weighted by Crippen LogP contribution is -2.35. The van der Waals surface area contributed by atoms with Crippen LogP contribution in [-0.4, -0.2) is 26.2 Å². The normalized spacial score (nSPS) is 22.7. The van der Waals surface area contributed by atoms with Crippen LogP contribution in [0.25, 0.3) is 0 Å². The quantitative estimate of drug-likeness (QED) is 0.754. The predicted octanol–water partition coefficient (Wildman–Crippen LogP) is 4.07. The topological polar surface area (TPSA) is 15.3 Å². The van der Waals surface area contributed by atoms with Crippen LogP contribution in [0.2, 0.25) is 0 Å². The fourth-order valence-corrected chi connectivity index (χ4v) is 3.21. The average Bonchev–Trinajstić information content (AvgIpc) is 2.53. The van der Waals surface area contributed by atoms with Gasteiger partial charge in [0.05, 0.1) is 0 Å². The fraction of sp³-hybridized carbons (Fsp3) is 0.667. The zero-order valence-electron chi connectivity index (χ0n) is 13.1. The van der Waals surface area contributed by atoms with Gasteiger partial charge in [0.1, 0.15) is 0 Å². The highest BCUT2D eigenvalue weighted by Crippen LogP contribution is 2.26. The lowest BCUT2D eigenvalue weighted by Gasteiger charge is -2.29. The summed E-state index contributed by atoms with van der Waals surface area (Å²) >= 11 is 0. The summed E-state index contributed by atoms with van der Waals surface area (Å²) in [6.45, 7) is 4.61. The molecule has 112 valence electrons. The second-order valence-electron chi connectivity index (χ2n) is 6.19. The average molecular weight is 274 g/mol. The van der Waals surface area contributed by atoms with Crippen molar-refractivity contribution in [1.29, 1.82) is 0 Å². The monoisotopic (exact) mass is 274 g/mol. The SMILES string of the molecule is CCC1CCC(NCCCN(C)c2ccccc2)CC1. The van der Waals surface area contributed by atoms with E-state index in [-0.39, 0.29) is 0 Å². The first kappa shape index (κ1) is 15.4. The van der Waals surface area contributed by atoms with Crippen LogP contribution in [0.5, 0.6) is 0 Å². The molecule has 0 aliphatic heterocycles. The minimum atomic E-state index is 0.778. The van der Waals surface area contributed by atoms with Gasteiger partial charge in [-0.25, -0.2) is 0 Å². The van der Waals surface area contributed by atoms with E-state index in [2.05, 4.69) is 54.5 Å². The highest BCUT2D eigenvalue weighted by atomic mass is 15.1. The molecule has 0 atom stereocenters. The van der Waals surface area contributed by atoms with Crippen molar-refractivity contribution < 1.29 is 0 Å². The van der Waals surface area contributed by atoms with Gasteiger partial charge in [-0.05, 0) is 56.7 Å². The zero-order chi connectivity index (χ0) is 14.2. The van der Waals surface area contributed by atoms with E-state index < -0.39 is 0 Å². The molecule has 1 saturated carbocycles. The van der Waals surface area contributed by atoms with E-state index >= 15 is 0 Å². The van der Waals surface area contributed by atoms with Crippen molar-refractivity contribution in [2.75, 3.05) is 25.0 Å². The molecule has 0 radical (unpaired) electrons. The number of para-hydroxylation sites is 1. The highest BCUT2D eigenvalue weighted by Gasteiger charge is 2.18. The van der Waals surface area contributed by atoms with Crippen molar-refractivity contribution in [3.63, 3.8) is 0 Å². The Morgan fingerprint density at radius 1 is 1.10 bits per heavy atom. The maximum Gasteiger partial charge on any atom is 0.0363 e. The van der Waals surface area contributed by atoms with Gasteiger partial charge in [-0.15, -0.1) is 0 Å². The van der Waals surface area contributed by atoms with Crippen LogP contribution in [0.3, 0.4) is 0 Å². The van der Waals surface area contributed by atoms with Gasteiger partial charge in [-0.1, -0.05) is 31.5 Å². The molecular formula is C18H30N2. The van der Waals surface area contributed by atoms with Crippen molar-refractivity contribution in [1.82, 2.24) is 5.32 Å². The van der Waals surface area contributed by atoms with E-state index in [1.165, 1.54) is 44.2 Å². The molecule has 0 spiro atoms. The van der Waals surface area contributed by atoms with Crippen molar-refractivity contribution in [2.45, 2.75) is 51.5 Å². The number of rotatable bonds is 7. The lowest BCUT2D eigenvalue weighted by atomic mass is 9.84. The molecule has 1 N–H and O–H groups in total. The molecule has 0 aromatic heterocycles. The number of nitrogens with zero attached hydrogens (tertiary/aromatic N) is 1. The van der Waals surface area contributed by atoms with E-state index in [9.17, 15) is 0 Å². The molecule has 1 aliphatic rings. The first-order valence-corrected chi connectivity index (χ1v) is 8.29. The van der Waals surface area contributed by atoms with Gasteiger partial charge in [0, 0.05) is 25.3 Å². The van der Waals surface area contributed by atoms with Crippen molar-refractivity contribution in [3.05, 3.63) is 30.3 Å². The second-order valence-corrected chi connectivity index (χ2v) is 6.19. The Morgan fingerprint density at radius 2 is 1.80 bits per heavy atom. The fourth-order valence-electron chi connectivity index (χ4n) is 3.21. The first-order valence-electron chi connectivity index (χ1n) is 8.29. The zero-order valence-corrected chi connectivity index (χ0v) is 13.1. The maximum absolute atomic E-state index is 3.75. The second kappa shape index (κ2) is 8.31. The first-order chi connectivity index (χ1) is 9.79. The Bertz CT molecular complexity index is 355. The Kier molecular flexibility index (Phi) is 6.38. The molecule has 0 unspecified atom stereocenters. The molecule has 1 aromatic carbocycles. The van der Waals surface area contributed by atoms with Gasteiger partial charge in [0.15, 0.2) is 0 Å². The van der Waals surface area contributed by atoms with Crippen molar-refractivity contribution in [3.8, 4) is 0 Å². The summed E-state index contributed by atoms with van der Waals surface area (Å²) in [4.78, 5) is 2.34. The summed E-state index contributed by atoms with van der Waals surface area (Å²) in [5.74, 6) is 0.997. The minimum Gasteiger partial charge on any atom is -0.375 e. The van der Waals surface area contributed by atoms with E-state index in [0.29, 0.717) is 0 Å². The molecule has 0 heterocycles. The summed E-state index contributed by atoms with van der Waals surface area (Å²) in [5, 5.41) is 3.75. The molecule has 1 aromatic rings. The molecule has 0 bridgehead atoms. The van der Waals surface area contributed by atoms with Crippen LogP contribution >= 0.6 is 0 Å². The number of nitrogens with one attached hydrogen (secondary N) is 1. The molecule has 1 fully saturated rings. The van der Waals surface area contributed by atoms with Crippen molar-refractivity contribution in [2.24, 2.45) is 5.92 Å². The number of hydrogen-bond donors (Lipinski definition) is 1. The lowest BCUT2D eigenvalue weighted by molar-refractivity contribution is 0.286. The smallest absolute Gasteiger partial charge is 0.0363 e. The Hall–Kier alpha value is -1.02. The standard InChI is InChI=1S/C18H30N2/c1-3-16-10-12-17(13-11-16)19-14-7-15-20(2)18-8-5-4-6-9-18/h4-6,8-9,16-17,19H,3,7,10-15H2,1-2H3. The molecule has 2 heteroatoms. The molecule has 20 heavy (non-hydrogen) atoms. The van der Waals surface area contributed by atoms with E-state index in [4.69, 9.17) is 0 Å². The molecule has 2 nitrogen and oxygen atoms in total. The van der Waals surface area contributed by atoms with Gasteiger partial charge >= 0.3 is 0 Å². The third-order valence-electron chi connectivity index (χ3n) is 4.72. The highest BCUT2D eigenvalue weighted by molar-refractivity contribution is 5.44. The Balaban J connectivity index is 1.58. The number of benzene rings is 1. The van der Waals surface area contributed by atoms with Crippen LogP contribution < -0.4 is 10.2 Å². The van der Waals surface area contributed by atoms with E-state index in [1.807, 2.05) is 0 Å². The summed E-state index contributed by atoms with van der Waals surface area (Å²) in [6.07, 6.45) is 8.21. The third-order valence-corrected chi connectivity index (χ3v) is 4.72. The summed E-state index contributed by atoms with van der Waals surface area (Å²) in [6, 6.07) is 11.4. The third kappa shape index (κ3) is 4.82. The van der Waals surface area contributed by atoms with Crippen LogP contribution in [0.1, 0.15) is 45.4 Å². The summed E-state index contributed by atoms with van der Waals surface area (Å²) < 4.78 is 0. The summed E-state index contributed by atoms with van der Waals surface area (Å²) in [5.41, 5.74) is 1.32. The molecular weight excluding hydrogens is 244 g/mol. The van der Waals surface area contributed by atoms with Crippen LogP contribution in [0.15, 0.2) is 30.3 Å². The van der Waals surface area contributed by atoms with E-state index in [1.54, 1.807) is 0 Å². The minimum absolute atomic E-state index is 0.778. The van der Waals surface area contributed by atoms with Crippen molar-refractivity contribution >= 4 is 5.69 Å². The maximum atomic E-state index is 3.75. The van der Waals surface area contributed by atoms with Gasteiger partial charge in [0.25, 0.3) is 0 Å². The predicted molar refractivity (Wildman–Crippen MR) is 88.4 cm³/mol. The Labute approximate surface area is 124 Å². The Morgan fingerprint density at radius 3 is 2.45 bits per heavy atom. The largest absolute Gasteiger partial charge is 0.375 e. The van der Waals surface area contributed by atoms with E-state index in [0.717, 1.165) is 25.0 Å². The molecule has 0 saturated heterocycles. The molecule has 2 rings (SSSR count). The number of hydrogen-bond acceptors (Lipinski definition) is 2.